The van der Waals surface area contributed by atoms with Gasteiger partial charge < -0.3 is 25.6 Å². The maximum Gasteiger partial charge on any atom is 0.316 e. The largest absolute Gasteiger partial charge is 0.394 e. The van der Waals surface area contributed by atoms with Gasteiger partial charge >= 0.3 is 11.8 Å². The summed E-state index contributed by atoms with van der Waals surface area (Å²) in [5.41, 5.74) is 1.46. The second kappa shape index (κ2) is 10.5. The van der Waals surface area contributed by atoms with Gasteiger partial charge in [0.25, 0.3) is 12.3 Å². The predicted molar refractivity (Wildman–Crippen MR) is 131 cm³/mol. The number of carbonyl (C=O) groups is 2. The molecule has 2 unspecified atom stereocenters. The zero-order valence-corrected chi connectivity index (χ0v) is 21.7. The summed E-state index contributed by atoms with van der Waals surface area (Å²) < 4.78 is 85.3. The van der Waals surface area contributed by atoms with E-state index in [9.17, 15) is 36.3 Å². The highest BCUT2D eigenvalue weighted by atomic mass is 35.5. The molecule has 2 heterocycles. The number of nitrogens with two attached hydrogens (primary N) is 1. The first-order chi connectivity index (χ1) is 18.6. The summed E-state index contributed by atoms with van der Waals surface area (Å²) in [5, 5.41) is 15.2. The van der Waals surface area contributed by atoms with E-state index in [0.29, 0.717) is 29.0 Å². The van der Waals surface area contributed by atoms with Gasteiger partial charge in [-0.3, -0.25) is 9.59 Å². The maximum atomic E-state index is 15.2. The second-order valence-electron chi connectivity index (χ2n) is 8.72. The highest BCUT2D eigenvalue weighted by Crippen LogP contribution is 2.37. The van der Waals surface area contributed by atoms with Crippen molar-refractivity contribution < 1.29 is 45.2 Å². The fourth-order valence-electron chi connectivity index (χ4n) is 3.49. The van der Waals surface area contributed by atoms with Crippen molar-refractivity contribution in [1.29, 1.82) is 0 Å². The molecule has 11 nitrogen and oxygen atoms in total. The van der Waals surface area contributed by atoms with E-state index < -0.39 is 73.7 Å². The number of rotatable bonds is 7. The van der Waals surface area contributed by atoms with Gasteiger partial charge in [-0.2, -0.15) is 4.98 Å². The Morgan fingerprint density at radius 1 is 1.25 bits per heavy atom. The molecule has 0 spiro atoms. The third-order valence-corrected chi connectivity index (χ3v) is 7.50. The van der Waals surface area contributed by atoms with Crippen LogP contribution in [0.4, 0.5) is 23.2 Å². The quantitative estimate of drug-likeness (QED) is 0.271. The predicted octanol–water partition coefficient (Wildman–Crippen LogP) is 2.69. The molecule has 1 aromatic heterocycles. The van der Waals surface area contributed by atoms with Crippen LogP contribution in [0.3, 0.4) is 0 Å². The van der Waals surface area contributed by atoms with Gasteiger partial charge in [-0.05, 0) is 36.8 Å². The highest BCUT2D eigenvalue weighted by molar-refractivity contribution is 7.94. The standard InChI is InChI=1S/C23H18ClF4N5O6S/c1-23(36,21(26)27)22(28)31-18(34)19-30-17(32-39-19)12-6-15-16(7-13(12)25)40(37,38)9-14(29)20(35)33(15)8-10-2-4-11(24)5-3-10/h2-7,9,21-22,36H,8,29H2,1H3,(H,31,34). The number of hydrogen-bond acceptors (Lipinski definition) is 9. The Balaban J connectivity index is 1.75. The molecule has 2 atom stereocenters. The van der Waals surface area contributed by atoms with Crippen LogP contribution in [0.1, 0.15) is 23.2 Å². The van der Waals surface area contributed by atoms with Crippen LogP contribution in [-0.4, -0.2) is 53.8 Å². The molecule has 0 saturated carbocycles. The third-order valence-electron chi connectivity index (χ3n) is 5.75. The topological polar surface area (TPSA) is 169 Å². The summed E-state index contributed by atoms with van der Waals surface area (Å²) in [6.45, 7) is 0.222. The minimum absolute atomic E-state index is 0.222. The lowest BCUT2D eigenvalue weighted by molar-refractivity contribution is -0.132. The molecule has 0 saturated heterocycles. The Labute approximate surface area is 228 Å². The third kappa shape index (κ3) is 5.50. The first-order valence-corrected chi connectivity index (χ1v) is 13.0. The SMILES string of the molecule is CC(O)(C(F)F)C(F)NC(=O)c1nc(-c2cc3c(cc2F)S(=O)(=O)C=C(N)C(=O)N3Cc2ccc(Cl)cc2)no1. The molecule has 0 aliphatic carbocycles. The minimum Gasteiger partial charge on any atom is -0.394 e. The van der Waals surface area contributed by atoms with Gasteiger partial charge in [0.1, 0.15) is 11.5 Å². The minimum atomic E-state index is -4.42. The Morgan fingerprint density at radius 3 is 2.52 bits per heavy atom. The molecule has 1 aliphatic rings. The van der Waals surface area contributed by atoms with Gasteiger partial charge in [0.05, 0.1) is 28.1 Å². The van der Waals surface area contributed by atoms with Crippen LogP contribution < -0.4 is 16.0 Å². The molecule has 4 N–H and O–H groups in total. The molecule has 0 bridgehead atoms. The first-order valence-electron chi connectivity index (χ1n) is 11.0. The van der Waals surface area contributed by atoms with E-state index in [1.54, 1.807) is 12.1 Å². The van der Waals surface area contributed by atoms with Gasteiger partial charge in [-0.15, -0.1) is 0 Å². The van der Waals surface area contributed by atoms with E-state index in [1.165, 1.54) is 17.4 Å². The van der Waals surface area contributed by atoms with E-state index in [-0.39, 0.29) is 12.2 Å². The van der Waals surface area contributed by atoms with Crippen LogP contribution in [0.2, 0.25) is 5.02 Å². The van der Waals surface area contributed by atoms with Crippen molar-refractivity contribution >= 4 is 38.9 Å². The smallest absolute Gasteiger partial charge is 0.316 e. The number of nitrogens with one attached hydrogen (secondary N) is 1. The number of carbonyl (C=O) groups excluding carboxylic acids is 2. The van der Waals surface area contributed by atoms with Crippen molar-refractivity contribution in [2.45, 2.75) is 36.7 Å². The number of benzene rings is 2. The molecule has 1 aliphatic heterocycles. The van der Waals surface area contributed by atoms with E-state index in [2.05, 4.69) is 14.7 Å². The number of aliphatic hydroxyl groups is 1. The zero-order valence-electron chi connectivity index (χ0n) is 20.1. The van der Waals surface area contributed by atoms with Crippen LogP contribution in [0, 0.1) is 5.82 Å². The molecule has 212 valence electrons. The number of halogens is 5. The number of sulfone groups is 1. The number of alkyl halides is 3. The average molecular weight is 604 g/mol. The van der Waals surface area contributed by atoms with Gasteiger partial charge in [0, 0.05) is 5.02 Å². The molecule has 3 aromatic rings. The van der Waals surface area contributed by atoms with Crippen LogP contribution in [-0.2, 0) is 21.2 Å². The number of hydrogen-bond donors (Lipinski definition) is 3. The summed E-state index contributed by atoms with van der Waals surface area (Å²) in [6, 6.07) is 7.68. The number of nitrogens with zero attached hydrogens (tertiary/aromatic N) is 3. The molecular formula is C23H18ClF4N5O6S. The van der Waals surface area contributed by atoms with Crippen molar-refractivity contribution in [3.8, 4) is 11.4 Å². The Bertz CT molecular complexity index is 1630. The molecule has 40 heavy (non-hydrogen) atoms. The zero-order chi connectivity index (χ0) is 29.6. The van der Waals surface area contributed by atoms with E-state index in [4.69, 9.17) is 17.3 Å². The summed E-state index contributed by atoms with van der Waals surface area (Å²) >= 11 is 5.90. The lowest BCUT2D eigenvalue weighted by Gasteiger charge is -2.26. The van der Waals surface area contributed by atoms with Crippen LogP contribution in [0.25, 0.3) is 11.4 Å². The Morgan fingerprint density at radius 2 is 1.90 bits per heavy atom. The normalized spacial score (nSPS) is 17.1. The van der Waals surface area contributed by atoms with Crippen LogP contribution in [0.5, 0.6) is 0 Å². The number of anilines is 1. The van der Waals surface area contributed by atoms with Crippen LogP contribution >= 0.6 is 11.6 Å². The fraction of sp³-hybridized carbons (Fsp3) is 0.217. The fourth-order valence-corrected chi connectivity index (χ4v) is 4.90. The number of fused-ring (bicyclic) bond motifs is 1. The molecule has 2 amide bonds. The lowest BCUT2D eigenvalue weighted by Crippen LogP contribution is -2.52. The molecule has 17 heteroatoms. The molecule has 2 aromatic carbocycles. The Hall–Kier alpha value is -4.02. The van der Waals surface area contributed by atoms with Gasteiger partial charge in [-0.1, -0.05) is 28.9 Å². The number of amides is 2. The summed E-state index contributed by atoms with van der Waals surface area (Å²) in [7, 11) is -4.42. The van der Waals surface area contributed by atoms with E-state index >= 15 is 4.39 Å². The van der Waals surface area contributed by atoms with Crippen molar-refractivity contribution in [1.82, 2.24) is 15.5 Å². The van der Waals surface area contributed by atoms with E-state index in [1.807, 2.05) is 0 Å². The summed E-state index contributed by atoms with van der Waals surface area (Å²) in [5.74, 6) is -5.29. The van der Waals surface area contributed by atoms with Gasteiger partial charge in [0.15, 0.2) is 5.60 Å². The average Bonchev–Trinajstić information content (AvgIpc) is 3.35. The molecule has 0 fully saturated rings. The lowest BCUT2D eigenvalue weighted by atomic mass is 10.1. The number of aromatic nitrogens is 2. The Kier molecular flexibility index (Phi) is 7.62. The van der Waals surface area contributed by atoms with Crippen molar-refractivity contribution in [3.05, 3.63) is 69.8 Å². The van der Waals surface area contributed by atoms with Crippen molar-refractivity contribution in [2.24, 2.45) is 5.73 Å². The maximum absolute atomic E-state index is 15.2. The van der Waals surface area contributed by atoms with Crippen LogP contribution in [0.15, 0.2) is 56.9 Å². The van der Waals surface area contributed by atoms with Gasteiger partial charge in [-0.25, -0.2) is 26.0 Å². The second-order valence-corrected chi connectivity index (χ2v) is 10.9. The van der Waals surface area contributed by atoms with Crippen molar-refractivity contribution in [3.63, 3.8) is 0 Å². The van der Waals surface area contributed by atoms with E-state index in [0.717, 1.165) is 11.0 Å². The van der Waals surface area contributed by atoms with Gasteiger partial charge in [0.2, 0.25) is 22.0 Å². The summed E-state index contributed by atoms with van der Waals surface area (Å²) in [6.07, 6.45) is -6.51. The molecule has 4 rings (SSSR count). The van der Waals surface area contributed by atoms with Crippen molar-refractivity contribution in [2.75, 3.05) is 4.90 Å². The monoisotopic (exact) mass is 603 g/mol. The first kappa shape index (κ1) is 29.0. The molecular weight excluding hydrogens is 586 g/mol. The highest BCUT2D eigenvalue weighted by Gasteiger charge is 2.43. The molecule has 0 radical (unpaired) electrons. The summed E-state index contributed by atoms with van der Waals surface area (Å²) in [4.78, 5) is 29.2.